The summed E-state index contributed by atoms with van der Waals surface area (Å²) in [5.41, 5.74) is 1.04. The van der Waals surface area contributed by atoms with Gasteiger partial charge in [0.1, 0.15) is 11.8 Å². The minimum Gasteiger partial charge on any atom is -0.507 e. The second-order valence-electron chi connectivity index (χ2n) is 5.36. The molecule has 1 N–H and O–H groups in total. The summed E-state index contributed by atoms with van der Waals surface area (Å²) in [5.74, 6) is -1.01. The SMILES string of the molecule is CCOC(=O)C(C)N(Cc1ccccc1)C(=O)c1ccccc1O. The number of hydrogen-bond donors (Lipinski definition) is 1. The number of para-hydroxylation sites is 1. The van der Waals surface area contributed by atoms with Crippen LogP contribution < -0.4 is 0 Å². The van der Waals surface area contributed by atoms with Gasteiger partial charge >= 0.3 is 5.97 Å². The molecule has 0 saturated carbocycles. The van der Waals surface area contributed by atoms with Crippen LogP contribution in [-0.2, 0) is 16.1 Å². The first-order valence-corrected chi connectivity index (χ1v) is 7.84. The van der Waals surface area contributed by atoms with Gasteiger partial charge in [-0.3, -0.25) is 4.79 Å². The highest BCUT2D eigenvalue weighted by atomic mass is 16.5. The lowest BCUT2D eigenvalue weighted by Crippen LogP contribution is -2.43. The number of hydrogen-bond acceptors (Lipinski definition) is 4. The fourth-order valence-corrected chi connectivity index (χ4v) is 2.36. The van der Waals surface area contributed by atoms with Crippen LogP contribution in [0.15, 0.2) is 54.6 Å². The predicted molar refractivity (Wildman–Crippen MR) is 90.5 cm³/mol. The Labute approximate surface area is 141 Å². The number of aromatic hydroxyl groups is 1. The molecular formula is C19H21NO4. The van der Waals surface area contributed by atoms with Gasteiger partial charge in [-0.05, 0) is 31.5 Å². The van der Waals surface area contributed by atoms with E-state index in [0.717, 1.165) is 5.56 Å². The molecule has 0 aliphatic carbocycles. The van der Waals surface area contributed by atoms with Crippen molar-refractivity contribution in [2.75, 3.05) is 6.61 Å². The molecule has 126 valence electrons. The van der Waals surface area contributed by atoms with E-state index in [2.05, 4.69) is 0 Å². The molecule has 5 nitrogen and oxygen atoms in total. The molecule has 0 aliphatic rings. The Morgan fingerprint density at radius 2 is 1.71 bits per heavy atom. The molecular weight excluding hydrogens is 306 g/mol. The molecule has 0 heterocycles. The van der Waals surface area contributed by atoms with Crippen molar-refractivity contribution in [2.24, 2.45) is 0 Å². The molecule has 2 rings (SSSR count). The van der Waals surface area contributed by atoms with Crippen LogP contribution in [-0.4, -0.2) is 34.5 Å². The van der Waals surface area contributed by atoms with Crippen LogP contribution in [0.4, 0.5) is 0 Å². The Morgan fingerprint density at radius 1 is 1.08 bits per heavy atom. The van der Waals surface area contributed by atoms with E-state index in [0.29, 0.717) is 0 Å². The van der Waals surface area contributed by atoms with Crippen molar-refractivity contribution in [3.63, 3.8) is 0 Å². The molecule has 0 aliphatic heterocycles. The number of amides is 1. The summed E-state index contributed by atoms with van der Waals surface area (Å²) < 4.78 is 5.04. The molecule has 1 amide bonds. The highest BCUT2D eigenvalue weighted by Crippen LogP contribution is 2.21. The minimum absolute atomic E-state index is 0.114. The monoisotopic (exact) mass is 327 g/mol. The van der Waals surface area contributed by atoms with E-state index in [4.69, 9.17) is 4.74 Å². The topological polar surface area (TPSA) is 66.8 Å². The maximum absolute atomic E-state index is 12.9. The van der Waals surface area contributed by atoms with Gasteiger partial charge in [-0.25, -0.2) is 4.79 Å². The first-order chi connectivity index (χ1) is 11.5. The van der Waals surface area contributed by atoms with Crippen LogP contribution in [0.25, 0.3) is 0 Å². The molecule has 24 heavy (non-hydrogen) atoms. The fraction of sp³-hybridized carbons (Fsp3) is 0.263. The third-order valence-electron chi connectivity index (χ3n) is 3.69. The van der Waals surface area contributed by atoms with Gasteiger partial charge in [-0.15, -0.1) is 0 Å². The lowest BCUT2D eigenvalue weighted by molar-refractivity contribution is -0.148. The number of nitrogens with zero attached hydrogens (tertiary/aromatic N) is 1. The van der Waals surface area contributed by atoms with Gasteiger partial charge in [0.2, 0.25) is 0 Å². The smallest absolute Gasteiger partial charge is 0.328 e. The second kappa shape index (κ2) is 8.15. The van der Waals surface area contributed by atoms with Crippen molar-refractivity contribution >= 4 is 11.9 Å². The number of phenols is 1. The quantitative estimate of drug-likeness (QED) is 0.828. The molecule has 2 aromatic carbocycles. The fourth-order valence-electron chi connectivity index (χ4n) is 2.36. The third kappa shape index (κ3) is 4.13. The van der Waals surface area contributed by atoms with Gasteiger partial charge in [-0.1, -0.05) is 42.5 Å². The van der Waals surface area contributed by atoms with Crippen molar-refractivity contribution in [3.05, 3.63) is 65.7 Å². The molecule has 1 unspecified atom stereocenters. The van der Waals surface area contributed by atoms with Crippen LogP contribution in [0, 0.1) is 0 Å². The minimum atomic E-state index is -0.766. The van der Waals surface area contributed by atoms with Crippen molar-refractivity contribution in [1.82, 2.24) is 4.90 Å². The first kappa shape index (κ1) is 17.5. The summed E-state index contributed by atoms with van der Waals surface area (Å²) in [5, 5.41) is 9.96. The zero-order valence-electron chi connectivity index (χ0n) is 13.8. The lowest BCUT2D eigenvalue weighted by atomic mass is 10.1. The van der Waals surface area contributed by atoms with E-state index in [-0.39, 0.29) is 24.5 Å². The summed E-state index contributed by atoms with van der Waals surface area (Å²) in [7, 11) is 0. The number of phenolic OH excluding ortho intramolecular Hbond substituents is 1. The van der Waals surface area contributed by atoms with Crippen molar-refractivity contribution < 1.29 is 19.4 Å². The van der Waals surface area contributed by atoms with Crippen molar-refractivity contribution in [3.8, 4) is 5.75 Å². The van der Waals surface area contributed by atoms with Crippen molar-refractivity contribution in [1.29, 1.82) is 0 Å². The Balaban J connectivity index is 2.33. The number of carbonyl (C=O) groups excluding carboxylic acids is 2. The summed E-state index contributed by atoms with van der Waals surface area (Å²) in [6.45, 7) is 3.83. The number of rotatable bonds is 6. The Hall–Kier alpha value is -2.82. The first-order valence-electron chi connectivity index (χ1n) is 7.84. The largest absolute Gasteiger partial charge is 0.507 e. The maximum Gasteiger partial charge on any atom is 0.328 e. The van der Waals surface area contributed by atoms with E-state index in [9.17, 15) is 14.7 Å². The van der Waals surface area contributed by atoms with Gasteiger partial charge in [0, 0.05) is 6.54 Å². The normalized spacial score (nSPS) is 11.6. The van der Waals surface area contributed by atoms with Gasteiger partial charge in [-0.2, -0.15) is 0 Å². The molecule has 0 radical (unpaired) electrons. The average Bonchev–Trinajstić information content (AvgIpc) is 2.60. The van der Waals surface area contributed by atoms with Crippen LogP contribution in [0.2, 0.25) is 0 Å². The van der Waals surface area contributed by atoms with Gasteiger partial charge in [0.15, 0.2) is 0 Å². The van der Waals surface area contributed by atoms with Crippen molar-refractivity contribution in [2.45, 2.75) is 26.4 Å². The molecule has 0 fully saturated rings. The molecule has 5 heteroatoms. The molecule has 0 aromatic heterocycles. The van der Waals surface area contributed by atoms with E-state index in [1.165, 1.54) is 17.0 Å². The molecule has 1 atom stereocenters. The third-order valence-corrected chi connectivity index (χ3v) is 3.69. The van der Waals surface area contributed by atoms with E-state index < -0.39 is 17.9 Å². The van der Waals surface area contributed by atoms with Gasteiger partial charge in [0.05, 0.1) is 12.2 Å². The predicted octanol–water partition coefficient (Wildman–Crippen LogP) is 2.99. The second-order valence-corrected chi connectivity index (χ2v) is 5.36. The zero-order chi connectivity index (χ0) is 17.5. The number of carbonyl (C=O) groups is 2. The van der Waals surface area contributed by atoms with E-state index in [1.54, 1.807) is 26.0 Å². The maximum atomic E-state index is 12.9. The molecule has 0 spiro atoms. The lowest BCUT2D eigenvalue weighted by Gasteiger charge is -2.28. The standard InChI is InChI=1S/C19H21NO4/c1-3-24-19(23)14(2)20(13-15-9-5-4-6-10-15)18(22)16-11-7-8-12-17(16)21/h4-12,14,21H,3,13H2,1-2H3. The summed E-state index contributed by atoms with van der Waals surface area (Å²) in [4.78, 5) is 26.4. The van der Waals surface area contributed by atoms with Crippen LogP contribution in [0.5, 0.6) is 5.75 Å². The van der Waals surface area contributed by atoms with E-state index in [1.807, 2.05) is 30.3 Å². The van der Waals surface area contributed by atoms with Gasteiger partial charge in [0.25, 0.3) is 5.91 Å². The van der Waals surface area contributed by atoms with Gasteiger partial charge < -0.3 is 14.7 Å². The van der Waals surface area contributed by atoms with E-state index >= 15 is 0 Å². The summed E-state index contributed by atoms with van der Waals surface area (Å²) >= 11 is 0. The number of esters is 1. The average molecular weight is 327 g/mol. The van der Waals surface area contributed by atoms with Crippen LogP contribution >= 0.6 is 0 Å². The summed E-state index contributed by atoms with van der Waals surface area (Å²) in [6, 6.07) is 14.9. The molecule has 0 bridgehead atoms. The Bertz CT molecular complexity index is 700. The Morgan fingerprint density at radius 3 is 2.33 bits per heavy atom. The highest BCUT2D eigenvalue weighted by Gasteiger charge is 2.29. The van der Waals surface area contributed by atoms with Crippen LogP contribution in [0.1, 0.15) is 29.8 Å². The molecule has 0 saturated heterocycles. The Kier molecular flexibility index (Phi) is 5.95. The highest BCUT2D eigenvalue weighted by molar-refractivity contribution is 5.98. The number of benzene rings is 2. The zero-order valence-corrected chi connectivity index (χ0v) is 13.8. The van der Waals surface area contributed by atoms with Crippen LogP contribution in [0.3, 0.4) is 0 Å². The number of ether oxygens (including phenoxy) is 1. The summed E-state index contributed by atoms with van der Waals surface area (Å²) in [6.07, 6.45) is 0. The molecule has 2 aromatic rings.